The van der Waals surface area contributed by atoms with Crippen molar-refractivity contribution < 1.29 is 14.3 Å². The molecule has 0 unspecified atom stereocenters. The predicted molar refractivity (Wildman–Crippen MR) is 135 cm³/mol. The second kappa shape index (κ2) is 9.61. The molecule has 0 radical (unpaired) electrons. The SMILES string of the molecule is CCCOc1ccc(-c2ccc3c(c2)CCC(C)(C)[C@H]3NC(=O)O[C@@H]2CN3CCC2CC3)cc1. The first kappa shape index (κ1) is 23.2. The van der Waals surface area contributed by atoms with E-state index in [4.69, 9.17) is 9.47 Å². The van der Waals surface area contributed by atoms with Gasteiger partial charge in [0.15, 0.2) is 0 Å². The van der Waals surface area contributed by atoms with Gasteiger partial charge in [-0.15, -0.1) is 0 Å². The van der Waals surface area contributed by atoms with Gasteiger partial charge < -0.3 is 14.8 Å². The number of rotatable bonds is 6. The molecular formula is C29H38N2O3. The Hall–Kier alpha value is -2.53. The zero-order chi connectivity index (χ0) is 23.7. The van der Waals surface area contributed by atoms with Gasteiger partial charge in [-0.1, -0.05) is 51.1 Å². The first-order valence-corrected chi connectivity index (χ1v) is 13.0. The summed E-state index contributed by atoms with van der Waals surface area (Å²) in [5.41, 5.74) is 4.89. The lowest BCUT2D eigenvalue weighted by Crippen LogP contribution is -2.53. The molecule has 182 valence electrons. The Bertz CT molecular complexity index is 1010. The maximum absolute atomic E-state index is 13.0. The molecule has 3 fully saturated rings. The molecular weight excluding hydrogens is 424 g/mol. The van der Waals surface area contributed by atoms with Crippen LogP contribution in [0.4, 0.5) is 4.79 Å². The Kier molecular flexibility index (Phi) is 6.57. The van der Waals surface area contributed by atoms with Crippen molar-refractivity contribution in [2.45, 2.75) is 65.0 Å². The molecule has 0 spiro atoms. The minimum atomic E-state index is -0.267. The Morgan fingerprint density at radius 3 is 2.50 bits per heavy atom. The number of aryl methyl sites for hydroxylation is 1. The highest BCUT2D eigenvalue weighted by molar-refractivity contribution is 5.70. The van der Waals surface area contributed by atoms with Gasteiger partial charge in [-0.2, -0.15) is 0 Å². The molecule has 3 saturated heterocycles. The molecule has 1 amide bonds. The minimum absolute atomic E-state index is 0.0269. The van der Waals surface area contributed by atoms with Crippen molar-refractivity contribution in [3.63, 3.8) is 0 Å². The number of carbonyl (C=O) groups excluding carboxylic acids is 1. The Balaban J connectivity index is 1.31. The third-order valence-corrected chi connectivity index (χ3v) is 8.05. The zero-order valence-electron chi connectivity index (χ0n) is 20.8. The molecule has 2 atom stereocenters. The topological polar surface area (TPSA) is 50.8 Å². The molecule has 2 aromatic rings. The number of fused-ring (bicyclic) bond motifs is 4. The van der Waals surface area contributed by atoms with Crippen LogP contribution in [0.25, 0.3) is 11.1 Å². The van der Waals surface area contributed by atoms with Crippen molar-refractivity contribution in [1.29, 1.82) is 0 Å². The number of carbonyl (C=O) groups is 1. The number of hydrogen-bond acceptors (Lipinski definition) is 4. The second-order valence-corrected chi connectivity index (χ2v) is 10.9. The van der Waals surface area contributed by atoms with Gasteiger partial charge in [-0.25, -0.2) is 4.79 Å². The maximum Gasteiger partial charge on any atom is 0.407 e. The maximum atomic E-state index is 13.0. The highest BCUT2D eigenvalue weighted by Gasteiger charge is 2.40. The molecule has 1 aliphatic carbocycles. The van der Waals surface area contributed by atoms with Gasteiger partial charge in [-0.3, -0.25) is 4.90 Å². The first-order chi connectivity index (χ1) is 16.4. The van der Waals surface area contributed by atoms with Crippen LogP contribution in [0, 0.1) is 11.3 Å². The van der Waals surface area contributed by atoms with Crippen LogP contribution in [0.2, 0.25) is 0 Å². The summed E-state index contributed by atoms with van der Waals surface area (Å²) in [4.78, 5) is 15.4. The van der Waals surface area contributed by atoms with Crippen molar-refractivity contribution in [3.05, 3.63) is 53.6 Å². The van der Waals surface area contributed by atoms with Crippen molar-refractivity contribution in [2.24, 2.45) is 11.3 Å². The van der Waals surface area contributed by atoms with Crippen molar-refractivity contribution in [1.82, 2.24) is 10.2 Å². The molecule has 3 aliphatic heterocycles. The van der Waals surface area contributed by atoms with Crippen molar-refractivity contribution in [3.8, 4) is 16.9 Å². The number of ether oxygens (including phenoxy) is 2. The Morgan fingerprint density at radius 1 is 1.09 bits per heavy atom. The lowest BCUT2D eigenvalue weighted by molar-refractivity contribution is -0.0353. The lowest BCUT2D eigenvalue weighted by atomic mass is 9.70. The van der Waals surface area contributed by atoms with Gasteiger partial charge in [0.25, 0.3) is 0 Å². The van der Waals surface area contributed by atoms with Crippen LogP contribution >= 0.6 is 0 Å². The van der Waals surface area contributed by atoms with E-state index in [2.05, 4.69) is 61.3 Å². The fourth-order valence-electron chi connectivity index (χ4n) is 5.88. The lowest BCUT2D eigenvalue weighted by Gasteiger charge is -2.44. The van der Waals surface area contributed by atoms with E-state index in [0.717, 1.165) is 64.1 Å². The quantitative estimate of drug-likeness (QED) is 0.574. The summed E-state index contributed by atoms with van der Waals surface area (Å²) in [6.07, 6.45) is 5.09. The molecule has 3 heterocycles. The van der Waals surface area contributed by atoms with E-state index in [1.54, 1.807) is 0 Å². The summed E-state index contributed by atoms with van der Waals surface area (Å²) in [5, 5.41) is 3.26. The molecule has 6 rings (SSSR count). The molecule has 0 aromatic heterocycles. The zero-order valence-corrected chi connectivity index (χ0v) is 20.8. The number of nitrogens with one attached hydrogen (secondary N) is 1. The van der Waals surface area contributed by atoms with Crippen molar-refractivity contribution in [2.75, 3.05) is 26.2 Å². The average molecular weight is 463 g/mol. The number of piperidine rings is 3. The molecule has 2 aromatic carbocycles. The van der Waals surface area contributed by atoms with E-state index in [0.29, 0.717) is 5.92 Å². The van der Waals surface area contributed by atoms with E-state index >= 15 is 0 Å². The molecule has 4 aliphatic rings. The van der Waals surface area contributed by atoms with Gasteiger partial charge in [0.1, 0.15) is 11.9 Å². The van der Waals surface area contributed by atoms with Gasteiger partial charge in [-0.05, 0) is 90.9 Å². The summed E-state index contributed by atoms with van der Waals surface area (Å²) in [6, 6.07) is 15.0. The van der Waals surface area contributed by atoms with Crippen LogP contribution in [-0.4, -0.2) is 43.3 Å². The Morgan fingerprint density at radius 2 is 1.82 bits per heavy atom. The van der Waals surface area contributed by atoms with Crippen LogP contribution < -0.4 is 10.1 Å². The van der Waals surface area contributed by atoms with E-state index in [-0.39, 0.29) is 23.7 Å². The van der Waals surface area contributed by atoms with Crippen LogP contribution in [0.3, 0.4) is 0 Å². The van der Waals surface area contributed by atoms with Crippen LogP contribution in [0.15, 0.2) is 42.5 Å². The number of nitrogens with zero attached hydrogens (tertiary/aromatic N) is 1. The fraction of sp³-hybridized carbons (Fsp3) is 0.552. The highest BCUT2D eigenvalue weighted by Crippen LogP contribution is 2.44. The standard InChI is InChI=1S/C29H38N2O3/c1-4-17-33-24-8-5-20(6-9-24)22-7-10-25-23(18-22)11-14-29(2,3)27(25)30-28(32)34-26-19-31-15-12-21(26)13-16-31/h5-10,18,21,26-27H,4,11-17,19H2,1-3H3,(H,30,32)/t26-,27+/m1/s1. The normalized spacial score (nSPS) is 27.0. The number of alkyl carbamates (subject to hydrolysis) is 1. The van der Waals surface area contributed by atoms with Gasteiger partial charge in [0.2, 0.25) is 0 Å². The third kappa shape index (κ3) is 4.81. The average Bonchev–Trinajstić information content (AvgIpc) is 2.85. The van der Waals surface area contributed by atoms with Crippen LogP contribution in [0.5, 0.6) is 5.75 Å². The first-order valence-electron chi connectivity index (χ1n) is 13.0. The number of hydrogen-bond donors (Lipinski definition) is 1. The van der Waals surface area contributed by atoms with Crippen LogP contribution in [0.1, 0.15) is 63.6 Å². The van der Waals surface area contributed by atoms with Gasteiger partial charge >= 0.3 is 6.09 Å². The summed E-state index contributed by atoms with van der Waals surface area (Å²) in [5.74, 6) is 1.43. The molecule has 34 heavy (non-hydrogen) atoms. The predicted octanol–water partition coefficient (Wildman–Crippen LogP) is 5.98. The monoisotopic (exact) mass is 462 g/mol. The summed E-state index contributed by atoms with van der Waals surface area (Å²) in [7, 11) is 0. The Labute approximate surface area is 203 Å². The van der Waals surface area contributed by atoms with E-state index < -0.39 is 0 Å². The van der Waals surface area contributed by atoms with Crippen molar-refractivity contribution >= 4 is 6.09 Å². The van der Waals surface area contributed by atoms with Gasteiger partial charge in [0, 0.05) is 6.54 Å². The molecule has 5 heteroatoms. The third-order valence-electron chi connectivity index (χ3n) is 8.05. The van der Waals surface area contributed by atoms with Gasteiger partial charge in [0.05, 0.1) is 12.6 Å². The molecule has 2 bridgehead atoms. The molecule has 1 N–H and O–H groups in total. The van der Waals surface area contributed by atoms with E-state index in [1.165, 1.54) is 22.3 Å². The number of amides is 1. The smallest absolute Gasteiger partial charge is 0.407 e. The minimum Gasteiger partial charge on any atom is -0.494 e. The van der Waals surface area contributed by atoms with Crippen LogP contribution in [-0.2, 0) is 11.2 Å². The van der Waals surface area contributed by atoms with E-state index in [1.807, 2.05) is 12.1 Å². The van der Waals surface area contributed by atoms with E-state index in [9.17, 15) is 4.79 Å². The fourth-order valence-corrected chi connectivity index (χ4v) is 5.88. The second-order valence-electron chi connectivity index (χ2n) is 10.9. The highest BCUT2D eigenvalue weighted by atomic mass is 16.6. The number of benzene rings is 2. The summed E-state index contributed by atoms with van der Waals surface area (Å²) in [6.45, 7) is 10.5. The molecule has 0 saturated carbocycles. The molecule has 5 nitrogen and oxygen atoms in total. The summed E-state index contributed by atoms with van der Waals surface area (Å²) < 4.78 is 11.7. The largest absolute Gasteiger partial charge is 0.494 e. The summed E-state index contributed by atoms with van der Waals surface area (Å²) >= 11 is 0.